The maximum Gasteiger partial charge on any atom is 0.248 e. The Morgan fingerprint density at radius 1 is 1.43 bits per heavy atom. The van der Waals surface area contributed by atoms with Crippen molar-refractivity contribution >= 4 is 38.5 Å². The SMILES string of the molecule is CCCC(NC(C)=O)C(=O)Nc1nc2c(F)cccc2s1. The molecule has 2 N–H and O–H groups in total. The van der Waals surface area contributed by atoms with Gasteiger partial charge in [0.2, 0.25) is 11.8 Å². The van der Waals surface area contributed by atoms with Crippen LogP contribution in [0.15, 0.2) is 18.2 Å². The second-order valence-electron chi connectivity index (χ2n) is 4.64. The minimum Gasteiger partial charge on any atom is -0.345 e. The lowest BCUT2D eigenvalue weighted by Crippen LogP contribution is -2.42. The fourth-order valence-corrected chi connectivity index (χ4v) is 2.85. The van der Waals surface area contributed by atoms with E-state index in [0.29, 0.717) is 16.3 Å². The monoisotopic (exact) mass is 309 g/mol. The molecule has 0 aliphatic rings. The van der Waals surface area contributed by atoms with E-state index in [1.54, 1.807) is 12.1 Å². The fraction of sp³-hybridized carbons (Fsp3) is 0.357. The minimum atomic E-state index is -0.607. The van der Waals surface area contributed by atoms with Crippen LogP contribution in [-0.2, 0) is 9.59 Å². The summed E-state index contributed by atoms with van der Waals surface area (Å²) in [6, 6.07) is 4.05. The van der Waals surface area contributed by atoms with Gasteiger partial charge in [-0.25, -0.2) is 9.37 Å². The number of rotatable bonds is 5. The molecule has 2 rings (SSSR count). The van der Waals surface area contributed by atoms with E-state index in [-0.39, 0.29) is 17.3 Å². The minimum absolute atomic E-state index is 0.240. The van der Waals surface area contributed by atoms with Gasteiger partial charge in [-0.05, 0) is 18.6 Å². The number of hydrogen-bond donors (Lipinski definition) is 2. The molecular weight excluding hydrogens is 293 g/mol. The van der Waals surface area contributed by atoms with Gasteiger partial charge < -0.3 is 10.6 Å². The maximum absolute atomic E-state index is 13.6. The quantitative estimate of drug-likeness (QED) is 0.892. The number of thiazole rings is 1. The van der Waals surface area contributed by atoms with E-state index in [9.17, 15) is 14.0 Å². The third-order valence-corrected chi connectivity index (χ3v) is 3.81. The first-order chi connectivity index (χ1) is 10.0. The molecule has 0 saturated carbocycles. The van der Waals surface area contributed by atoms with Crippen LogP contribution in [0.1, 0.15) is 26.7 Å². The van der Waals surface area contributed by atoms with Crippen LogP contribution in [-0.4, -0.2) is 22.8 Å². The van der Waals surface area contributed by atoms with Gasteiger partial charge in [0, 0.05) is 6.92 Å². The summed E-state index contributed by atoms with van der Waals surface area (Å²) in [7, 11) is 0. The van der Waals surface area contributed by atoms with Crippen molar-refractivity contribution in [2.45, 2.75) is 32.7 Å². The molecule has 2 aromatic rings. The van der Waals surface area contributed by atoms with Crippen LogP contribution in [0.3, 0.4) is 0 Å². The highest BCUT2D eigenvalue weighted by Gasteiger charge is 2.20. The molecule has 0 bridgehead atoms. The van der Waals surface area contributed by atoms with Crippen LogP contribution in [0.2, 0.25) is 0 Å². The van der Waals surface area contributed by atoms with Gasteiger partial charge >= 0.3 is 0 Å². The Morgan fingerprint density at radius 2 is 2.19 bits per heavy atom. The summed E-state index contributed by atoms with van der Waals surface area (Å²) < 4.78 is 14.2. The smallest absolute Gasteiger partial charge is 0.248 e. The van der Waals surface area contributed by atoms with E-state index in [1.807, 2.05) is 6.92 Å². The number of nitrogens with zero attached hydrogens (tertiary/aromatic N) is 1. The van der Waals surface area contributed by atoms with Gasteiger partial charge in [0.25, 0.3) is 0 Å². The molecule has 0 spiro atoms. The Bertz CT molecular complexity index is 671. The molecule has 112 valence electrons. The van der Waals surface area contributed by atoms with E-state index < -0.39 is 11.9 Å². The molecule has 1 aromatic carbocycles. The molecule has 1 atom stereocenters. The summed E-state index contributed by atoms with van der Waals surface area (Å²) >= 11 is 1.20. The lowest BCUT2D eigenvalue weighted by molar-refractivity contribution is -0.125. The summed E-state index contributed by atoms with van der Waals surface area (Å²) in [4.78, 5) is 27.3. The number of hydrogen-bond acceptors (Lipinski definition) is 4. The zero-order chi connectivity index (χ0) is 15.4. The lowest BCUT2D eigenvalue weighted by Gasteiger charge is -2.15. The van der Waals surface area contributed by atoms with Crippen molar-refractivity contribution in [2.24, 2.45) is 0 Å². The average molecular weight is 309 g/mol. The second-order valence-corrected chi connectivity index (χ2v) is 5.67. The molecule has 1 aromatic heterocycles. The van der Waals surface area contributed by atoms with Crippen molar-refractivity contribution in [1.29, 1.82) is 0 Å². The third-order valence-electron chi connectivity index (χ3n) is 2.87. The topological polar surface area (TPSA) is 71.1 Å². The van der Waals surface area contributed by atoms with E-state index in [4.69, 9.17) is 0 Å². The number of benzene rings is 1. The zero-order valence-corrected chi connectivity index (χ0v) is 12.6. The molecule has 0 saturated heterocycles. The Balaban J connectivity index is 2.15. The van der Waals surface area contributed by atoms with Gasteiger partial charge in [0.05, 0.1) is 4.70 Å². The molecule has 1 heterocycles. The van der Waals surface area contributed by atoms with Crippen LogP contribution in [0.4, 0.5) is 9.52 Å². The van der Waals surface area contributed by atoms with Crippen molar-refractivity contribution in [3.8, 4) is 0 Å². The van der Waals surface area contributed by atoms with Crippen LogP contribution in [0, 0.1) is 5.82 Å². The van der Waals surface area contributed by atoms with Crippen LogP contribution < -0.4 is 10.6 Å². The van der Waals surface area contributed by atoms with Gasteiger partial charge in [-0.3, -0.25) is 9.59 Å². The predicted octanol–water partition coefficient (Wildman–Crippen LogP) is 2.68. The van der Waals surface area contributed by atoms with E-state index in [1.165, 1.54) is 24.3 Å². The van der Waals surface area contributed by atoms with E-state index >= 15 is 0 Å². The van der Waals surface area contributed by atoms with Crippen molar-refractivity contribution in [3.05, 3.63) is 24.0 Å². The molecule has 0 aliphatic heterocycles. The summed E-state index contributed by atoms with van der Waals surface area (Å²) in [6.07, 6.45) is 1.29. The standard InChI is InChI=1S/C14H16FN3O2S/c1-3-5-10(16-8(2)19)13(20)18-14-17-12-9(15)6-4-7-11(12)21-14/h4,6-7,10H,3,5H2,1-2H3,(H,16,19)(H,17,18,20). The van der Waals surface area contributed by atoms with Gasteiger partial charge in [0.15, 0.2) is 5.13 Å². The number of fused-ring (bicyclic) bond motifs is 1. The third kappa shape index (κ3) is 3.75. The number of carbonyl (C=O) groups is 2. The molecule has 2 amide bonds. The van der Waals surface area contributed by atoms with Gasteiger partial charge in [-0.1, -0.05) is 30.7 Å². The Labute approximate surface area is 125 Å². The van der Waals surface area contributed by atoms with Crippen LogP contribution in [0.5, 0.6) is 0 Å². The Morgan fingerprint density at radius 3 is 2.81 bits per heavy atom. The highest BCUT2D eigenvalue weighted by atomic mass is 32.1. The molecule has 1 unspecified atom stereocenters. The van der Waals surface area contributed by atoms with Gasteiger partial charge in [0.1, 0.15) is 17.4 Å². The summed E-state index contributed by atoms with van der Waals surface area (Å²) in [5.41, 5.74) is 0.240. The summed E-state index contributed by atoms with van der Waals surface area (Å²) in [5, 5.41) is 5.56. The highest BCUT2D eigenvalue weighted by molar-refractivity contribution is 7.22. The zero-order valence-electron chi connectivity index (χ0n) is 11.8. The van der Waals surface area contributed by atoms with Crippen molar-refractivity contribution in [2.75, 3.05) is 5.32 Å². The number of aromatic nitrogens is 1. The number of halogens is 1. The molecule has 5 nitrogen and oxygen atoms in total. The molecule has 0 aliphatic carbocycles. The predicted molar refractivity (Wildman–Crippen MR) is 80.7 cm³/mol. The number of anilines is 1. The number of carbonyl (C=O) groups excluding carboxylic acids is 2. The molecular formula is C14H16FN3O2S. The van der Waals surface area contributed by atoms with Gasteiger partial charge in [-0.2, -0.15) is 0 Å². The normalized spacial score (nSPS) is 12.1. The Hall–Kier alpha value is -2.02. The van der Waals surface area contributed by atoms with E-state index in [2.05, 4.69) is 15.6 Å². The second kappa shape index (κ2) is 6.62. The molecule has 0 radical (unpaired) electrons. The first-order valence-electron chi connectivity index (χ1n) is 6.64. The number of para-hydroxylation sites is 1. The first kappa shape index (κ1) is 15.4. The molecule has 0 fully saturated rings. The Kier molecular flexibility index (Phi) is 4.85. The van der Waals surface area contributed by atoms with Crippen molar-refractivity contribution < 1.29 is 14.0 Å². The molecule has 21 heavy (non-hydrogen) atoms. The number of nitrogens with one attached hydrogen (secondary N) is 2. The van der Waals surface area contributed by atoms with Crippen LogP contribution in [0.25, 0.3) is 10.2 Å². The lowest BCUT2D eigenvalue weighted by atomic mass is 10.1. The highest BCUT2D eigenvalue weighted by Crippen LogP contribution is 2.27. The average Bonchev–Trinajstić information content (AvgIpc) is 2.81. The van der Waals surface area contributed by atoms with Crippen molar-refractivity contribution in [3.63, 3.8) is 0 Å². The van der Waals surface area contributed by atoms with Crippen LogP contribution >= 0.6 is 11.3 Å². The maximum atomic E-state index is 13.6. The first-order valence-corrected chi connectivity index (χ1v) is 7.46. The summed E-state index contributed by atoms with van der Waals surface area (Å²) in [6.45, 7) is 3.29. The largest absolute Gasteiger partial charge is 0.345 e. The van der Waals surface area contributed by atoms with E-state index in [0.717, 1.165) is 6.42 Å². The summed E-state index contributed by atoms with van der Waals surface area (Å²) in [5.74, 6) is -1.03. The van der Waals surface area contributed by atoms with Gasteiger partial charge in [-0.15, -0.1) is 0 Å². The molecule has 7 heteroatoms. The van der Waals surface area contributed by atoms with Crippen molar-refractivity contribution in [1.82, 2.24) is 10.3 Å². The number of amides is 2. The fourth-order valence-electron chi connectivity index (χ4n) is 1.96.